The molecule has 2 N–H and O–H groups in total. The number of nitrogen functional groups attached to an aromatic ring is 1. The minimum absolute atomic E-state index is 0.119. The van der Waals surface area contributed by atoms with Crippen molar-refractivity contribution in [3.05, 3.63) is 34.8 Å². The minimum atomic E-state index is -0.513. The van der Waals surface area contributed by atoms with Gasteiger partial charge >= 0.3 is 0 Å². The Hall–Kier alpha value is -1.49. The second-order valence-electron chi connectivity index (χ2n) is 3.30. The Morgan fingerprint density at radius 1 is 1.38 bits per heavy atom. The number of hydrogen-bond donors (Lipinski definition) is 1. The number of aromatic nitrogens is 1. The zero-order chi connectivity index (χ0) is 11.7. The normalized spacial score (nSPS) is 10.7. The van der Waals surface area contributed by atoms with E-state index in [1.807, 2.05) is 6.92 Å². The molecule has 2 rings (SSSR count). The Morgan fingerprint density at radius 3 is 2.75 bits per heavy atom. The maximum absolute atomic E-state index is 13.5. The van der Waals surface area contributed by atoms with Crippen LogP contribution in [0.3, 0.4) is 0 Å². The lowest BCUT2D eigenvalue weighted by molar-refractivity contribution is 0.603. The topological polar surface area (TPSA) is 38.9 Å². The second-order valence-corrected chi connectivity index (χ2v) is 4.41. The molecule has 0 saturated carbocycles. The lowest BCUT2D eigenvalue weighted by Crippen LogP contribution is -1.91. The molecular formula is C11H10F2N2S. The van der Waals surface area contributed by atoms with Crippen molar-refractivity contribution in [3.63, 3.8) is 0 Å². The van der Waals surface area contributed by atoms with Crippen LogP contribution in [0.2, 0.25) is 0 Å². The fourth-order valence-electron chi connectivity index (χ4n) is 1.40. The van der Waals surface area contributed by atoms with Crippen LogP contribution in [-0.4, -0.2) is 4.98 Å². The molecule has 5 heteroatoms. The summed E-state index contributed by atoms with van der Waals surface area (Å²) in [4.78, 5) is 4.19. The number of thiazole rings is 1. The molecule has 1 heterocycles. The van der Waals surface area contributed by atoms with Crippen molar-refractivity contribution in [3.8, 4) is 11.3 Å². The van der Waals surface area contributed by atoms with Gasteiger partial charge in [-0.3, -0.25) is 0 Å². The van der Waals surface area contributed by atoms with Crippen LogP contribution in [0.25, 0.3) is 11.3 Å². The van der Waals surface area contributed by atoms with Gasteiger partial charge in [0, 0.05) is 5.56 Å². The number of rotatable bonds is 2. The number of nitrogens with two attached hydrogens (primary N) is 1. The summed E-state index contributed by atoms with van der Waals surface area (Å²) in [7, 11) is 0. The third kappa shape index (κ3) is 1.90. The van der Waals surface area contributed by atoms with Crippen LogP contribution in [0, 0.1) is 11.6 Å². The van der Waals surface area contributed by atoms with Gasteiger partial charge < -0.3 is 5.73 Å². The third-order valence-corrected chi connectivity index (χ3v) is 3.21. The summed E-state index contributed by atoms with van der Waals surface area (Å²) in [6.45, 7) is 1.93. The molecule has 2 aromatic rings. The first kappa shape index (κ1) is 11.0. The fourth-order valence-corrected chi connectivity index (χ4v) is 2.19. The number of anilines is 1. The van der Waals surface area contributed by atoms with E-state index in [4.69, 9.17) is 5.73 Å². The molecule has 1 aromatic carbocycles. The predicted octanol–water partition coefficient (Wildman–Crippen LogP) is 3.23. The standard InChI is InChI=1S/C11H10F2N2S/c1-2-9-15-10(11(14)16-9)7-5-6(12)3-4-8(7)13/h3-5H,2,14H2,1H3. The summed E-state index contributed by atoms with van der Waals surface area (Å²) in [5, 5.41) is 1.23. The van der Waals surface area contributed by atoms with E-state index >= 15 is 0 Å². The van der Waals surface area contributed by atoms with Crippen LogP contribution < -0.4 is 5.73 Å². The van der Waals surface area contributed by atoms with Crippen LogP contribution in [0.4, 0.5) is 13.8 Å². The van der Waals surface area contributed by atoms with E-state index in [2.05, 4.69) is 4.98 Å². The average molecular weight is 240 g/mol. The van der Waals surface area contributed by atoms with Gasteiger partial charge in [0.05, 0.1) is 5.01 Å². The van der Waals surface area contributed by atoms with Crippen LogP contribution >= 0.6 is 11.3 Å². The van der Waals surface area contributed by atoms with Gasteiger partial charge in [-0.05, 0) is 24.6 Å². The molecule has 0 aliphatic rings. The molecule has 84 valence electrons. The van der Waals surface area contributed by atoms with Crippen LogP contribution in [0.1, 0.15) is 11.9 Å². The van der Waals surface area contributed by atoms with E-state index < -0.39 is 11.6 Å². The Labute approximate surface area is 95.7 Å². The molecule has 0 aliphatic carbocycles. The predicted molar refractivity (Wildman–Crippen MR) is 61.3 cm³/mol. The highest BCUT2D eigenvalue weighted by Gasteiger charge is 2.14. The van der Waals surface area contributed by atoms with E-state index in [-0.39, 0.29) is 5.56 Å². The Balaban J connectivity index is 2.57. The zero-order valence-electron chi connectivity index (χ0n) is 8.63. The van der Waals surface area contributed by atoms with Crippen molar-refractivity contribution in [2.75, 3.05) is 5.73 Å². The van der Waals surface area contributed by atoms with Gasteiger partial charge in [-0.15, -0.1) is 11.3 Å². The highest BCUT2D eigenvalue weighted by molar-refractivity contribution is 7.16. The lowest BCUT2D eigenvalue weighted by atomic mass is 10.1. The molecule has 0 radical (unpaired) electrons. The highest BCUT2D eigenvalue weighted by atomic mass is 32.1. The molecule has 0 fully saturated rings. The van der Waals surface area contributed by atoms with Crippen molar-refractivity contribution < 1.29 is 8.78 Å². The van der Waals surface area contributed by atoms with E-state index in [0.29, 0.717) is 10.7 Å². The maximum Gasteiger partial charge on any atom is 0.132 e. The van der Waals surface area contributed by atoms with E-state index in [1.54, 1.807) is 0 Å². The first-order valence-corrected chi connectivity index (χ1v) is 5.64. The Kier molecular flexibility index (Phi) is 2.87. The van der Waals surface area contributed by atoms with Crippen molar-refractivity contribution in [1.82, 2.24) is 4.98 Å². The molecule has 0 atom stereocenters. The summed E-state index contributed by atoms with van der Waals surface area (Å²) in [6, 6.07) is 3.26. The SMILES string of the molecule is CCc1nc(-c2cc(F)ccc2F)c(N)s1. The molecule has 2 nitrogen and oxygen atoms in total. The summed E-state index contributed by atoms with van der Waals surface area (Å²) in [5.74, 6) is -1.01. The molecule has 0 unspecified atom stereocenters. The zero-order valence-corrected chi connectivity index (χ0v) is 9.44. The summed E-state index contributed by atoms with van der Waals surface area (Å²) in [6.07, 6.45) is 0.728. The lowest BCUT2D eigenvalue weighted by Gasteiger charge is -2.00. The van der Waals surface area contributed by atoms with Crippen LogP contribution in [0.15, 0.2) is 18.2 Å². The Bertz CT molecular complexity index is 523. The average Bonchev–Trinajstić information content (AvgIpc) is 2.63. The van der Waals surface area contributed by atoms with Crippen molar-refractivity contribution >= 4 is 16.3 Å². The quantitative estimate of drug-likeness (QED) is 0.875. The summed E-state index contributed by atoms with van der Waals surface area (Å²) in [5.41, 5.74) is 6.19. The molecule has 0 amide bonds. The van der Waals surface area contributed by atoms with Gasteiger partial charge in [-0.25, -0.2) is 13.8 Å². The molecule has 0 spiro atoms. The molecule has 0 saturated heterocycles. The van der Waals surface area contributed by atoms with Gasteiger partial charge in [0.1, 0.15) is 22.3 Å². The van der Waals surface area contributed by atoms with Crippen molar-refractivity contribution in [2.45, 2.75) is 13.3 Å². The summed E-state index contributed by atoms with van der Waals surface area (Å²) < 4.78 is 26.5. The number of halogens is 2. The maximum atomic E-state index is 13.5. The van der Waals surface area contributed by atoms with Gasteiger partial charge in [0.15, 0.2) is 0 Å². The van der Waals surface area contributed by atoms with Gasteiger partial charge in [-0.1, -0.05) is 6.92 Å². The number of nitrogens with zero attached hydrogens (tertiary/aromatic N) is 1. The van der Waals surface area contributed by atoms with Crippen LogP contribution in [-0.2, 0) is 6.42 Å². The number of aryl methyl sites for hydroxylation is 1. The summed E-state index contributed by atoms with van der Waals surface area (Å²) >= 11 is 1.30. The number of hydrogen-bond acceptors (Lipinski definition) is 3. The molecule has 1 aromatic heterocycles. The second kappa shape index (κ2) is 4.17. The fraction of sp³-hybridized carbons (Fsp3) is 0.182. The van der Waals surface area contributed by atoms with Gasteiger partial charge in [0.25, 0.3) is 0 Å². The number of benzene rings is 1. The first-order chi connectivity index (χ1) is 7.61. The van der Waals surface area contributed by atoms with Gasteiger partial charge in [0.2, 0.25) is 0 Å². The monoisotopic (exact) mass is 240 g/mol. The van der Waals surface area contributed by atoms with Crippen molar-refractivity contribution in [1.29, 1.82) is 0 Å². The molecule has 0 bridgehead atoms. The minimum Gasteiger partial charge on any atom is -0.389 e. The van der Waals surface area contributed by atoms with E-state index in [0.717, 1.165) is 29.6 Å². The molecule has 0 aliphatic heterocycles. The van der Waals surface area contributed by atoms with Gasteiger partial charge in [-0.2, -0.15) is 0 Å². The molecular weight excluding hydrogens is 230 g/mol. The smallest absolute Gasteiger partial charge is 0.132 e. The molecule has 16 heavy (non-hydrogen) atoms. The Morgan fingerprint density at radius 2 is 2.12 bits per heavy atom. The van der Waals surface area contributed by atoms with E-state index in [1.165, 1.54) is 11.3 Å². The van der Waals surface area contributed by atoms with Crippen molar-refractivity contribution in [2.24, 2.45) is 0 Å². The largest absolute Gasteiger partial charge is 0.389 e. The third-order valence-electron chi connectivity index (χ3n) is 2.18. The van der Waals surface area contributed by atoms with Crippen LogP contribution in [0.5, 0.6) is 0 Å². The van der Waals surface area contributed by atoms with E-state index in [9.17, 15) is 8.78 Å². The highest BCUT2D eigenvalue weighted by Crippen LogP contribution is 2.32. The first-order valence-electron chi connectivity index (χ1n) is 4.82.